The van der Waals surface area contributed by atoms with Crippen LogP contribution in [0.4, 0.5) is 10.5 Å². The second-order valence-corrected chi connectivity index (χ2v) is 7.73. The molecule has 0 bridgehead atoms. The number of hydrogen-bond donors (Lipinski definition) is 0. The molecular formula is C16H20BrNO3. The molecule has 1 aliphatic heterocycles. The maximum Gasteiger partial charge on any atom is 0.415 e. The Bertz CT molecular complexity index is 575. The van der Waals surface area contributed by atoms with Crippen LogP contribution in [0, 0.1) is 0 Å². The van der Waals surface area contributed by atoms with Crippen LogP contribution in [0.2, 0.25) is 0 Å². The number of ether oxygens (including phenoxy) is 2. The minimum Gasteiger partial charge on any atom is -0.483 e. The summed E-state index contributed by atoms with van der Waals surface area (Å²) in [5.41, 5.74) is 0.0441. The Kier molecular flexibility index (Phi) is 3.43. The number of carbonyl (C=O) groups is 1. The molecule has 0 aromatic heterocycles. The largest absolute Gasteiger partial charge is 0.483 e. The minimum absolute atomic E-state index is 0.224. The van der Waals surface area contributed by atoms with E-state index >= 15 is 0 Å². The second kappa shape index (κ2) is 4.90. The summed E-state index contributed by atoms with van der Waals surface area (Å²) in [5.74, 6) is 0.759. The first-order valence-electron chi connectivity index (χ1n) is 7.27. The molecule has 2 aliphatic rings. The van der Waals surface area contributed by atoms with E-state index in [9.17, 15) is 4.79 Å². The first kappa shape index (κ1) is 14.7. The molecule has 114 valence electrons. The van der Waals surface area contributed by atoms with Crippen molar-refractivity contribution in [2.45, 2.75) is 51.2 Å². The van der Waals surface area contributed by atoms with Gasteiger partial charge in [0.25, 0.3) is 0 Å². The zero-order valence-electron chi connectivity index (χ0n) is 12.6. The standard InChI is InChI=1S/C16H20BrNO3/c1-15(2,3)21-14(19)18-10-16(7-4-8-16)20-13-6-5-11(17)9-12(13)18/h5-6,9H,4,7-8,10H2,1-3H3. The average Bonchev–Trinajstić information content (AvgIpc) is 2.33. The first-order valence-corrected chi connectivity index (χ1v) is 8.06. The average molecular weight is 354 g/mol. The van der Waals surface area contributed by atoms with Gasteiger partial charge in [0.1, 0.15) is 17.0 Å². The van der Waals surface area contributed by atoms with E-state index < -0.39 is 5.60 Å². The van der Waals surface area contributed by atoms with Crippen LogP contribution in [-0.2, 0) is 4.74 Å². The highest BCUT2D eigenvalue weighted by Gasteiger charge is 2.47. The van der Waals surface area contributed by atoms with Crippen molar-refractivity contribution in [1.82, 2.24) is 0 Å². The van der Waals surface area contributed by atoms with Crippen molar-refractivity contribution in [3.63, 3.8) is 0 Å². The molecule has 5 heteroatoms. The molecule has 0 N–H and O–H groups in total. The summed E-state index contributed by atoms with van der Waals surface area (Å²) in [7, 11) is 0. The van der Waals surface area contributed by atoms with Gasteiger partial charge in [0.2, 0.25) is 0 Å². The number of carbonyl (C=O) groups excluding carboxylic acids is 1. The number of halogens is 1. The maximum atomic E-state index is 12.5. The molecule has 1 fully saturated rings. The fourth-order valence-electron chi connectivity index (χ4n) is 2.74. The molecule has 0 saturated heterocycles. The van der Waals surface area contributed by atoms with Crippen LogP contribution < -0.4 is 9.64 Å². The molecule has 0 radical (unpaired) electrons. The zero-order valence-corrected chi connectivity index (χ0v) is 14.2. The van der Waals surface area contributed by atoms with Crippen molar-refractivity contribution < 1.29 is 14.3 Å². The Hall–Kier alpha value is -1.23. The van der Waals surface area contributed by atoms with Crippen LogP contribution in [0.25, 0.3) is 0 Å². The van der Waals surface area contributed by atoms with E-state index in [4.69, 9.17) is 9.47 Å². The number of anilines is 1. The third kappa shape index (κ3) is 2.89. The van der Waals surface area contributed by atoms with Crippen LogP contribution in [0.5, 0.6) is 5.75 Å². The third-order valence-corrected chi connectivity index (χ3v) is 4.36. The van der Waals surface area contributed by atoms with E-state index in [2.05, 4.69) is 15.9 Å². The summed E-state index contributed by atoms with van der Waals surface area (Å²) in [4.78, 5) is 14.3. The van der Waals surface area contributed by atoms with Crippen molar-refractivity contribution >= 4 is 27.7 Å². The third-order valence-electron chi connectivity index (χ3n) is 3.86. The Balaban J connectivity index is 1.95. The lowest BCUT2D eigenvalue weighted by Crippen LogP contribution is -2.57. The van der Waals surface area contributed by atoms with Gasteiger partial charge >= 0.3 is 6.09 Å². The van der Waals surface area contributed by atoms with Crippen molar-refractivity contribution in [2.75, 3.05) is 11.4 Å². The minimum atomic E-state index is -0.506. The molecule has 1 amide bonds. The highest BCUT2D eigenvalue weighted by Crippen LogP contribution is 2.46. The van der Waals surface area contributed by atoms with Gasteiger partial charge in [-0.25, -0.2) is 4.79 Å². The zero-order chi connectivity index (χ0) is 15.3. The van der Waals surface area contributed by atoms with Crippen molar-refractivity contribution in [2.24, 2.45) is 0 Å². The van der Waals surface area contributed by atoms with E-state index in [0.717, 1.165) is 35.2 Å². The number of fused-ring (bicyclic) bond motifs is 1. The van der Waals surface area contributed by atoms with Gasteiger partial charge in [-0.15, -0.1) is 0 Å². The number of nitrogens with zero attached hydrogens (tertiary/aromatic N) is 1. The Labute approximate surface area is 133 Å². The molecule has 1 aliphatic carbocycles. The number of benzene rings is 1. The van der Waals surface area contributed by atoms with Crippen molar-refractivity contribution in [3.8, 4) is 5.75 Å². The molecule has 1 spiro atoms. The van der Waals surface area contributed by atoms with Gasteiger partial charge in [0.15, 0.2) is 0 Å². The second-order valence-electron chi connectivity index (χ2n) is 6.82. The predicted molar refractivity (Wildman–Crippen MR) is 84.9 cm³/mol. The molecule has 3 rings (SSSR count). The fourth-order valence-corrected chi connectivity index (χ4v) is 3.09. The number of amides is 1. The summed E-state index contributed by atoms with van der Waals surface area (Å²) in [6.45, 7) is 6.20. The Morgan fingerprint density at radius 3 is 2.67 bits per heavy atom. The summed E-state index contributed by atoms with van der Waals surface area (Å²) in [6.07, 6.45) is 2.81. The van der Waals surface area contributed by atoms with E-state index in [1.807, 2.05) is 39.0 Å². The maximum absolute atomic E-state index is 12.5. The summed E-state index contributed by atoms with van der Waals surface area (Å²) in [6, 6.07) is 5.75. The normalized spacial score (nSPS) is 19.5. The number of rotatable bonds is 0. The van der Waals surface area contributed by atoms with Crippen LogP contribution in [0.1, 0.15) is 40.0 Å². The fraction of sp³-hybridized carbons (Fsp3) is 0.562. The first-order chi connectivity index (χ1) is 9.78. The lowest BCUT2D eigenvalue weighted by molar-refractivity contribution is -0.0116. The molecule has 1 saturated carbocycles. The summed E-state index contributed by atoms with van der Waals surface area (Å²) >= 11 is 3.45. The number of hydrogen-bond acceptors (Lipinski definition) is 3. The molecule has 0 atom stereocenters. The lowest BCUT2D eigenvalue weighted by atomic mass is 9.78. The monoisotopic (exact) mass is 353 g/mol. The van der Waals surface area contributed by atoms with Gasteiger partial charge < -0.3 is 9.47 Å². The summed E-state index contributed by atoms with van der Waals surface area (Å²) < 4.78 is 12.6. The topological polar surface area (TPSA) is 38.8 Å². The van der Waals surface area contributed by atoms with Crippen LogP contribution in [0.15, 0.2) is 22.7 Å². The van der Waals surface area contributed by atoms with E-state index in [-0.39, 0.29) is 11.7 Å². The highest BCUT2D eigenvalue weighted by molar-refractivity contribution is 9.10. The summed E-state index contributed by atoms with van der Waals surface area (Å²) in [5, 5.41) is 0. The van der Waals surface area contributed by atoms with Gasteiger partial charge in [0, 0.05) is 4.47 Å². The highest BCUT2D eigenvalue weighted by atomic mass is 79.9. The van der Waals surface area contributed by atoms with Crippen LogP contribution >= 0.6 is 15.9 Å². The smallest absolute Gasteiger partial charge is 0.415 e. The quantitative estimate of drug-likeness (QED) is 0.688. The van der Waals surface area contributed by atoms with E-state index in [1.54, 1.807) is 4.90 Å². The molecule has 1 aromatic rings. The van der Waals surface area contributed by atoms with Gasteiger partial charge in [-0.3, -0.25) is 4.90 Å². The van der Waals surface area contributed by atoms with Gasteiger partial charge in [-0.1, -0.05) is 15.9 Å². The lowest BCUT2D eigenvalue weighted by Gasteiger charge is -2.48. The van der Waals surface area contributed by atoms with Crippen molar-refractivity contribution in [3.05, 3.63) is 22.7 Å². The predicted octanol–water partition coefficient (Wildman–Crippen LogP) is 4.51. The van der Waals surface area contributed by atoms with E-state index in [0.29, 0.717) is 6.54 Å². The Morgan fingerprint density at radius 2 is 2.10 bits per heavy atom. The van der Waals surface area contributed by atoms with Gasteiger partial charge in [0.05, 0.1) is 12.2 Å². The van der Waals surface area contributed by atoms with Gasteiger partial charge in [-0.2, -0.15) is 0 Å². The molecule has 4 nitrogen and oxygen atoms in total. The van der Waals surface area contributed by atoms with Crippen LogP contribution in [-0.4, -0.2) is 23.8 Å². The Morgan fingerprint density at radius 1 is 1.38 bits per heavy atom. The molecule has 21 heavy (non-hydrogen) atoms. The molecule has 1 aromatic carbocycles. The molecule has 1 heterocycles. The van der Waals surface area contributed by atoms with Crippen LogP contribution in [0.3, 0.4) is 0 Å². The SMILES string of the molecule is CC(C)(C)OC(=O)N1CC2(CCC2)Oc2ccc(Br)cc21. The molecule has 0 unspecified atom stereocenters. The molecular weight excluding hydrogens is 334 g/mol. The van der Waals surface area contributed by atoms with E-state index in [1.165, 1.54) is 0 Å². The van der Waals surface area contributed by atoms with Gasteiger partial charge in [-0.05, 0) is 58.2 Å². The van der Waals surface area contributed by atoms with Crippen molar-refractivity contribution in [1.29, 1.82) is 0 Å².